The first-order chi connectivity index (χ1) is 10.1. The Hall–Kier alpha value is -1.89. The summed E-state index contributed by atoms with van der Waals surface area (Å²) < 4.78 is 1.48. The van der Waals surface area contributed by atoms with Crippen molar-refractivity contribution in [3.8, 4) is 5.95 Å². The maximum atomic E-state index is 5.94. The van der Waals surface area contributed by atoms with E-state index in [1.54, 1.807) is 36.7 Å². The molecule has 0 atom stereocenters. The van der Waals surface area contributed by atoms with E-state index in [1.165, 1.54) is 4.68 Å². The number of nitrogens with one attached hydrogen (secondary N) is 1. The zero-order valence-corrected chi connectivity index (χ0v) is 12.6. The van der Waals surface area contributed by atoms with E-state index in [2.05, 4.69) is 25.4 Å². The number of aromatic nitrogens is 5. The average Bonchev–Trinajstić information content (AvgIpc) is 2.90. The molecule has 0 unspecified atom stereocenters. The molecule has 0 bridgehead atoms. The molecule has 0 fully saturated rings. The van der Waals surface area contributed by atoms with Gasteiger partial charge in [0.05, 0.1) is 0 Å². The molecular formula is C12H7Cl3N6. The predicted molar refractivity (Wildman–Crippen MR) is 81.7 cm³/mol. The first-order valence-corrected chi connectivity index (χ1v) is 6.88. The summed E-state index contributed by atoms with van der Waals surface area (Å²) in [6.45, 7) is 0. The van der Waals surface area contributed by atoms with Crippen LogP contribution in [0.1, 0.15) is 0 Å². The average molecular weight is 342 g/mol. The van der Waals surface area contributed by atoms with Crippen LogP contribution in [0, 0.1) is 0 Å². The van der Waals surface area contributed by atoms with Gasteiger partial charge in [0.1, 0.15) is 0 Å². The van der Waals surface area contributed by atoms with Gasteiger partial charge < -0.3 is 5.32 Å². The van der Waals surface area contributed by atoms with Gasteiger partial charge in [-0.15, -0.1) is 0 Å². The van der Waals surface area contributed by atoms with Gasteiger partial charge >= 0.3 is 0 Å². The minimum Gasteiger partial charge on any atom is -0.324 e. The van der Waals surface area contributed by atoms with Crippen LogP contribution in [0.5, 0.6) is 0 Å². The Morgan fingerprint density at radius 1 is 0.952 bits per heavy atom. The van der Waals surface area contributed by atoms with Crippen LogP contribution in [0.15, 0.2) is 36.7 Å². The highest BCUT2D eigenvalue weighted by Crippen LogP contribution is 2.24. The van der Waals surface area contributed by atoms with Crippen LogP contribution >= 0.6 is 34.8 Å². The number of rotatable bonds is 3. The lowest BCUT2D eigenvalue weighted by molar-refractivity contribution is 0.798. The van der Waals surface area contributed by atoms with Crippen LogP contribution < -0.4 is 5.32 Å². The maximum absolute atomic E-state index is 5.94. The minimum atomic E-state index is 0.0473. The minimum absolute atomic E-state index is 0.0473. The summed E-state index contributed by atoms with van der Waals surface area (Å²) >= 11 is 17.8. The molecule has 0 saturated heterocycles. The Kier molecular flexibility index (Phi) is 3.92. The largest absolute Gasteiger partial charge is 0.324 e. The van der Waals surface area contributed by atoms with E-state index in [0.717, 1.165) is 0 Å². The van der Waals surface area contributed by atoms with Crippen LogP contribution in [-0.4, -0.2) is 24.7 Å². The van der Waals surface area contributed by atoms with E-state index < -0.39 is 0 Å². The third-order valence-corrected chi connectivity index (χ3v) is 3.03. The van der Waals surface area contributed by atoms with Crippen molar-refractivity contribution < 1.29 is 0 Å². The number of hydrogen-bond acceptors (Lipinski definition) is 5. The molecular weight excluding hydrogens is 335 g/mol. The Morgan fingerprint density at radius 2 is 1.71 bits per heavy atom. The van der Waals surface area contributed by atoms with Crippen molar-refractivity contribution in [1.82, 2.24) is 24.7 Å². The van der Waals surface area contributed by atoms with Gasteiger partial charge in [0.15, 0.2) is 0 Å². The lowest BCUT2D eigenvalue weighted by atomic mass is 10.3. The molecule has 3 aromatic rings. The van der Waals surface area contributed by atoms with Gasteiger partial charge in [0, 0.05) is 28.1 Å². The summed E-state index contributed by atoms with van der Waals surface area (Å²) in [4.78, 5) is 12.2. The Labute approximate surface area is 134 Å². The van der Waals surface area contributed by atoms with E-state index in [-0.39, 0.29) is 11.2 Å². The summed E-state index contributed by atoms with van der Waals surface area (Å²) in [7, 11) is 0. The van der Waals surface area contributed by atoms with E-state index in [9.17, 15) is 0 Å². The van der Waals surface area contributed by atoms with E-state index >= 15 is 0 Å². The molecule has 1 N–H and O–H groups in total. The highest BCUT2D eigenvalue weighted by molar-refractivity contribution is 6.35. The van der Waals surface area contributed by atoms with Crippen LogP contribution in [0.2, 0.25) is 15.3 Å². The van der Waals surface area contributed by atoms with Crippen molar-refractivity contribution in [1.29, 1.82) is 0 Å². The Bertz CT molecular complexity index is 754. The molecule has 6 nitrogen and oxygen atoms in total. The third-order valence-electron chi connectivity index (χ3n) is 2.42. The molecule has 0 spiro atoms. The van der Waals surface area contributed by atoms with Crippen molar-refractivity contribution in [2.45, 2.75) is 0 Å². The monoisotopic (exact) mass is 340 g/mol. The van der Waals surface area contributed by atoms with Crippen molar-refractivity contribution in [3.05, 3.63) is 52.0 Å². The van der Waals surface area contributed by atoms with Crippen molar-refractivity contribution >= 4 is 46.4 Å². The summed E-state index contributed by atoms with van der Waals surface area (Å²) in [5.41, 5.74) is 0.640. The van der Waals surface area contributed by atoms with Gasteiger partial charge in [-0.2, -0.15) is 20.1 Å². The van der Waals surface area contributed by atoms with Crippen LogP contribution in [0.4, 0.5) is 11.6 Å². The fourth-order valence-electron chi connectivity index (χ4n) is 1.64. The SMILES string of the molecule is Clc1cc(Cl)cc(Nc2nc(Cl)nc(-n3cccn3)n2)c1. The third kappa shape index (κ3) is 3.41. The molecule has 0 aliphatic heterocycles. The van der Waals surface area contributed by atoms with E-state index in [0.29, 0.717) is 21.7 Å². The highest BCUT2D eigenvalue weighted by atomic mass is 35.5. The van der Waals surface area contributed by atoms with Crippen LogP contribution in [0.3, 0.4) is 0 Å². The molecule has 9 heteroatoms. The lowest BCUT2D eigenvalue weighted by Crippen LogP contribution is -2.06. The lowest BCUT2D eigenvalue weighted by Gasteiger charge is -2.07. The highest BCUT2D eigenvalue weighted by Gasteiger charge is 2.08. The maximum Gasteiger partial charge on any atom is 0.256 e. The number of benzene rings is 1. The zero-order chi connectivity index (χ0) is 14.8. The van der Waals surface area contributed by atoms with E-state index in [1.807, 2.05) is 0 Å². The summed E-state index contributed by atoms with van der Waals surface area (Å²) in [6, 6.07) is 6.77. The second-order valence-corrected chi connectivity index (χ2v) is 5.17. The topological polar surface area (TPSA) is 68.5 Å². The predicted octanol–water partition coefficient (Wildman–Crippen LogP) is 3.76. The molecule has 0 amide bonds. The second-order valence-electron chi connectivity index (χ2n) is 3.96. The number of nitrogens with zero attached hydrogens (tertiary/aromatic N) is 5. The second kappa shape index (κ2) is 5.85. The fraction of sp³-hybridized carbons (Fsp3) is 0. The number of halogens is 3. The van der Waals surface area contributed by atoms with E-state index in [4.69, 9.17) is 34.8 Å². The molecule has 0 radical (unpaired) electrons. The zero-order valence-electron chi connectivity index (χ0n) is 10.3. The molecule has 0 saturated carbocycles. The molecule has 0 aliphatic carbocycles. The molecule has 0 aliphatic rings. The first-order valence-electron chi connectivity index (χ1n) is 5.75. The van der Waals surface area contributed by atoms with Gasteiger partial charge in [0.2, 0.25) is 11.2 Å². The molecule has 1 aromatic carbocycles. The molecule has 2 heterocycles. The van der Waals surface area contributed by atoms with Gasteiger partial charge in [-0.3, -0.25) is 0 Å². The van der Waals surface area contributed by atoms with Gasteiger partial charge in [-0.25, -0.2) is 4.68 Å². The molecule has 106 valence electrons. The quantitative estimate of drug-likeness (QED) is 0.785. The number of anilines is 2. The van der Waals surface area contributed by atoms with Crippen LogP contribution in [0.25, 0.3) is 5.95 Å². The normalized spacial score (nSPS) is 10.6. The van der Waals surface area contributed by atoms with Gasteiger partial charge in [-0.1, -0.05) is 23.2 Å². The fourth-order valence-corrected chi connectivity index (χ4v) is 2.32. The summed E-state index contributed by atoms with van der Waals surface area (Å²) in [6.07, 6.45) is 3.31. The smallest absolute Gasteiger partial charge is 0.256 e. The first kappa shape index (κ1) is 14.1. The molecule has 21 heavy (non-hydrogen) atoms. The van der Waals surface area contributed by atoms with Gasteiger partial charge in [0.25, 0.3) is 5.95 Å². The van der Waals surface area contributed by atoms with Crippen molar-refractivity contribution in [2.24, 2.45) is 0 Å². The Balaban J connectivity index is 1.95. The molecule has 2 aromatic heterocycles. The number of hydrogen-bond donors (Lipinski definition) is 1. The van der Waals surface area contributed by atoms with Gasteiger partial charge in [-0.05, 0) is 35.9 Å². The Morgan fingerprint density at radius 3 is 2.38 bits per heavy atom. The van der Waals surface area contributed by atoms with Crippen LogP contribution in [-0.2, 0) is 0 Å². The summed E-state index contributed by atoms with van der Waals surface area (Å²) in [5.74, 6) is 0.564. The standard InChI is InChI=1S/C12H7Cl3N6/c13-7-4-8(14)6-9(5-7)17-11-18-10(15)19-12(20-11)21-3-1-2-16-21/h1-6H,(H,17,18,19,20). The molecule has 3 rings (SSSR count). The summed E-state index contributed by atoms with van der Waals surface area (Å²) in [5, 5.41) is 8.05. The van der Waals surface area contributed by atoms with Crippen molar-refractivity contribution in [3.63, 3.8) is 0 Å². The van der Waals surface area contributed by atoms with Crippen molar-refractivity contribution in [2.75, 3.05) is 5.32 Å².